The summed E-state index contributed by atoms with van der Waals surface area (Å²) in [6.07, 6.45) is 0.151. The number of rotatable bonds is 7. The van der Waals surface area contributed by atoms with E-state index >= 15 is 0 Å². The molecule has 3 aromatic rings. The summed E-state index contributed by atoms with van der Waals surface area (Å²) in [7, 11) is 0. The van der Waals surface area contributed by atoms with Crippen molar-refractivity contribution in [3.05, 3.63) is 70.3 Å². The molecule has 0 saturated carbocycles. The number of nitrogens with zero attached hydrogens (tertiary/aromatic N) is 3. The highest BCUT2D eigenvalue weighted by molar-refractivity contribution is 6.31. The SMILES string of the molecule is NC(=O)Cc1ccc(OCc2nonc2C(N)=Nc2ccc(F)c(Cl)c2)cc1. The molecule has 1 heterocycles. The van der Waals surface area contributed by atoms with E-state index < -0.39 is 11.7 Å². The minimum Gasteiger partial charge on any atom is -0.487 e. The van der Waals surface area contributed by atoms with E-state index in [0.717, 1.165) is 5.56 Å². The van der Waals surface area contributed by atoms with Gasteiger partial charge in [0.2, 0.25) is 5.91 Å². The van der Waals surface area contributed by atoms with Gasteiger partial charge in [0, 0.05) is 0 Å². The molecule has 0 radical (unpaired) electrons. The van der Waals surface area contributed by atoms with Crippen LogP contribution in [0.1, 0.15) is 17.0 Å². The Hall–Kier alpha value is -3.46. The van der Waals surface area contributed by atoms with Crippen LogP contribution in [0.2, 0.25) is 5.02 Å². The van der Waals surface area contributed by atoms with Gasteiger partial charge in [-0.2, -0.15) is 0 Å². The Morgan fingerprint density at radius 1 is 1.18 bits per heavy atom. The molecule has 0 fully saturated rings. The van der Waals surface area contributed by atoms with Crippen molar-refractivity contribution in [1.82, 2.24) is 10.3 Å². The molecule has 1 amide bonds. The maximum absolute atomic E-state index is 13.2. The number of amidine groups is 1. The average molecular weight is 404 g/mol. The lowest BCUT2D eigenvalue weighted by atomic mass is 10.1. The van der Waals surface area contributed by atoms with Crippen LogP contribution in [-0.4, -0.2) is 22.1 Å². The minimum absolute atomic E-state index is 0.0133. The van der Waals surface area contributed by atoms with Gasteiger partial charge in [-0.15, -0.1) is 0 Å². The summed E-state index contributed by atoms with van der Waals surface area (Å²) in [6, 6.07) is 10.8. The summed E-state index contributed by atoms with van der Waals surface area (Å²) in [5.74, 6) is -0.412. The molecule has 4 N–H and O–H groups in total. The minimum atomic E-state index is -0.557. The lowest BCUT2D eigenvalue weighted by Gasteiger charge is -2.06. The van der Waals surface area contributed by atoms with Crippen LogP contribution in [0.3, 0.4) is 0 Å². The molecule has 10 heteroatoms. The highest BCUT2D eigenvalue weighted by Gasteiger charge is 2.15. The number of hydrogen-bond donors (Lipinski definition) is 2. The Bertz CT molecular complexity index is 1020. The summed E-state index contributed by atoms with van der Waals surface area (Å²) in [4.78, 5) is 15.1. The van der Waals surface area contributed by atoms with Crippen molar-refractivity contribution in [1.29, 1.82) is 0 Å². The van der Waals surface area contributed by atoms with Crippen molar-refractivity contribution in [3.63, 3.8) is 0 Å². The molecule has 0 aliphatic carbocycles. The molecule has 0 atom stereocenters. The van der Waals surface area contributed by atoms with Crippen molar-refractivity contribution in [2.24, 2.45) is 16.5 Å². The maximum atomic E-state index is 13.2. The van der Waals surface area contributed by atoms with E-state index in [1.807, 2.05) is 0 Å². The number of carbonyl (C=O) groups excluding carboxylic acids is 1. The number of nitrogens with two attached hydrogens (primary N) is 2. The van der Waals surface area contributed by atoms with Crippen LogP contribution >= 0.6 is 11.6 Å². The first-order valence-corrected chi connectivity index (χ1v) is 8.41. The Balaban J connectivity index is 1.70. The second-order valence-electron chi connectivity index (χ2n) is 5.73. The van der Waals surface area contributed by atoms with Gasteiger partial charge < -0.3 is 16.2 Å². The van der Waals surface area contributed by atoms with Crippen molar-refractivity contribution < 1.29 is 18.6 Å². The fraction of sp³-hybridized carbons (Fsp3) is 0.111. The van der Waals surface area contributed by atoms with Gasteiger partial charge in [0.1, 0.15) is 18.2 Å². The monoisotopic (exact) mass is 403 g/mol. The zero-order valence-electron chi connectivity index (χ0n) is 14.4. The molecule has 1 aromatic heterocycles. The number of halogens is 2. The lowest BCUT2D eigenvalue weighted by Crippen LogP contribution is -2.16. The second kappa shape index (κ2) is 8.49. The number of ether oxygens (including phenoxy) is 1. The van der Waals surface area contributed by atoms with Gasteiger partial charge in [0.25, 0.3) is 0 Å². The summed E-state index contributed by atoms with van der Waals surface area (Å²) >= 11 is 5.73. The fourth-order valence-corrected chi connectivity index (χ4v) is 2.47. The predicted octanol–water partition coefficient (Wildman–Crippen LogP) is 2.51. The number of aromatic nitrogens is 2. The van der Waals surface area contributed by atoms with Gasteiger partial charge in [-0.3, -0.25) is 4.79 Å². The summed E-state index contributed by atoms with van der Waals surface area (Å²) in [6.45, 7) is 0.0222. The van der Waals surface area contributed by atoms with E-state index in [1.165, 1.54) is 18.2 Å². The molecule has 8 nitrogen and oxygen atoms in total. The van der Waals surface area contributed by atoms with E-state index in [9.17, 15) is 9.18 Å². The van der Waals surface area contributed by atoms with Crippen LogP contribution < -0.4 is 16.2 Å². The number of benzene rings is 2. The van der Waals surface area contributed by atoms with Crippen molar-refractivity contribution in [2.75, 3.05) is 0 Å². The zero-order chi connectivity index (χ0) is 20.1. The van der Waals surface area contributed by atoms with Gasteiger partial charge in [0.15, 0.2) is 17.2 Å². The molecule has 2 aromatic carbocycles. The van der Waals surface area contributed by atoms with Crippen molar-refractivity contribution in [3.8, 4) is 5.75 Å². The molecule has 0 unspecified atom stereocenters. The number of carbonyl (C=O) groups is 1. The Morgan fingerprint density at radius 2 is 1.93 bits per heavy atom. The van der Waals surface area contributed by atoms with Gasteiger partial charge in [-0.25, -0.2) is 14.0 Å². The zero-order valence-corrected chi connectivity index (χ0v) is 15.2. The predicted molar refractivity (Wildman–Crippen MR) is 99.8 cm³/mol. The third-order valence-corrected chi connectivity index (χ3v) is 3.92. The van der Waals surface area contributed by atoms with Crippen LogP contribution in [-0.2, 0) is 17.8 Å². The quantitative estimate of drug-likeness (QED) is 0.460. The molecule has 0 aliphatic heterocycles. The molecular formula is C18H15ClFN5O3. The standard InChI is InChI=1S/C18H15ClFN5O3/c19-13-8-11(3-6-14(13)20)23-18(22)17-15(24-28-25-17)9-27-12-4-1-10(2-5-12)7-16(21)26/h1-6,8H,7,9H2,(H2,21,26)(H2,22,23). The Labute approximate surface area is 163 Å². The van der Waals surface area contributed by atoms with Crippen LogP contribution in [0.25, 0.3) is 0 Å². The van der Waals surface area contributed by atoms with Gasteiger partial charge in [-0.1, -0.05) is 28.9 Å². The van der Waals surface area contributed by atoms with Gasteiger partial charge in [0.05, 0.1) is 17.1 Å². The Morgan fingerprint density at radius 3 is 2.61 bits per heavy atom. The first-order valence-electron chi connectivity index (χ1n) is 8.03. The van der Waals surface area contributed by atoms with E-state index in [1.54, 1.807) is 24.3 Å². The number of hydrogen-bond acceptors (Lipinski definition) is 6. The van der Waals surface area contributed by atoms with Gasteiger partial charge in [-0.05, 0) is 41.1 Å². The van der Waals surface area contributed by atoms with Crippen LogP contribution in [0.15, 0.2) is 52.1 Å². The smallest absolute Gasteiger partial charge is 0.221 e. The molecule has 0 aliphatic rings. The fourth-order valence-electron chi connectivity index (χ4n) is 2.30. The lowest BCUT2D eigenvalue weighted by molar-refractivity contribution is -0.117. The summed E-state index contributed by atoms with van der Waals surface area (Å²) in [5, 5.41) is 7.42. The molecule has 0 saturated heterocycles. The van der Waals surface area contributed by atoms with Crippen LogP contribution in [0.5, 0.6) is 5.75 Å². The number of aliphatic imine (C=N–C) groups is 1. The summed E-state index contributed by atoms with van der Waals surface area (Å²) in [5.41, 5.74) is 12.8. The van der Waals surface area contributed by atoms with E-state index in [2.05, 4.69) is 15.3 Å². The molecular weight excluding hydrogens is 389 g/mol. The van der Waals surface area contributed by atoms with E-state index in [-0.39, 0.29) is 29.6 Å². The molecule has 3 rings (SSSR count). The first kappa shape index (κ1) is 19.3. The highest BCUT2D eigenvalue weighted by Crippen LogP contribution is 2.22. The maximum Gasteiger partial charge on any atom is 0.221 e. The number of amides is 1. The summed E-state index contributed by atoms with van der Waals surface area (Å²) < 4.78 is 23.6. The van der Waals surface area contributed by atoms with E-state index in [0.29, 0.717) is 17.1 Å². The van der Waals surface area contributed by atoms with Crippen LogP contribution in [0, 0.1) is 5.82 Å². The van der Waals surface area contributed by atoms with E-state index in [4.69, 9.17) is 32.4 Å². The molecule has 0 spiro atoms. The third kappa shape index (κ3) is 4.83. The first-order chi connectivity index (χ1) is 13.4. The molecule has 0 bridgehead atoms. The van der Waals surface area contributed by atoms with Gasteiger partial charge >= 0.3 is 0 Å². The normalized spacial score (nSPS) is 11.4. The van der Waals surface area contributed by atoms with Crippen molar-refractivity contribution >= 4 is 29.0 Å². The highest BCUT2D eigenvalue weighted by atomic mass is 35.5. The largest absolute Gasteiger partial charge is 0.487 e. The number of primary amides is 1. The average Bonchev–Trinajstić information content (AvgIpc) is 3.12. The van der Waals surface area contributed by atoms with Crippen molar-refractivity contribution in [2.45, 2.75) is 13.0 Å². The van der Waals surface area contributed by atoms with Crippen LogP contribution in [0.4, 0.5) is 10.1 Å². The third-order valence-electron chi connectivity index (χ3n) is 3.63. The second-order valence-corrected chi connectivity index (χ2v) is 6.14. The molecule has 144 valence electrons. The molecule has 28 heavy (non-hydrogen) atoms. The Kier molecular flexibility index (Phi) is 5.85. The topological polar surface area (TPSA) is 130 Å².